The maximum absolute atomic E-state index is 12.6. The predicted octanol–water partition coefficient (Wildman–Crippen LogP) is 4.79. The molecule has 0 spiro atoms. The van der Waals surface area contributed by atoms with E-state index >= 15 is 0 Å². The normalized spacial score (nSPS) is 12.5. The number of halogens is 1. The average Bonchev–Trinajstić information content (AvgIpc) is 2.83. The molecule has 0 bridgehead atoms. The van der Waals surface area contributed by atoms with Gasteiger partial charge in [-0.05, 0) is 63.4 Å². The highest BCUT2D eigenvalue weighted by molar-refractivity contribution is 6.21. The Morgan fingerprint density at radius 2 is 1.86 bits per heavy atom. The second-order valence-corrected chi connectivity index (χ2v) is 8.81. The Labute approximate surface area is 213 Å². The number of ketones is 1. The highest BCUT2D eigenvalue weighted by Crippen LogP contribution is 2.17. The summed E-state index contributed by atoms with van der Waals surface area (Å²) in [7, 11) is 1.58. The Kier molecular flexibility index (Phi) is 13.7. The molecule has 7 nitrogen and oxygen atoms in total. The number of hydrogen-bond acceptors (Lipinski definition) is 6. The first kappa shape index (κ1) is 30.5. The molecule has 0 saturated carbocycles. The van der Waals surface area contributed by atoms with Gasteiger partial charge in [-0.1, -0.05) is 43.7 Å². The lowest BCUT2D eigenvalue weighted by Gasteiger charge is -2.16. The maximum Gasteiger partial charge on any atom is 0.320 e. The van der Waals surface area contributed by atoms with E-state index in [-0.39, 0.29) is 11.6 Å². The Hall–Kier alpha value is -3.52. The molecule has 1 unspecified atom stereocenters. The molecule has 1 atom stereocenters. The van der Waals surface area contributed by atoms with Crippen LogP contribution in [-0.4, -0.2) is 49.3 Å². The first-order valence-electron chi connectivity index (χ1n) is 11.9. The van der Waals surface area contributed by atoms with Gasteiger partial charge in [-0.2, -0.15) is 0 Å². The van der Waals surface area contributed by atoms with Crippen molar-refractivity contribution in [2.45, 2.75) is 46.6 Å². The summed E-state index contributed by atoms with van der Waals surface area (Å²) in [6.45, 7) is 8.52. The molecule has 8 heteroatoms. The second-order valence-electron chi connectivity index (χ2n) is 8.81. The highest BCUT2D eigenvalue weighted by atomic mass is 19.1. The van der Waals surface area contributed by atoms with E-state index in [2.05, 4.69) is 10.3 Å². The zero-order valence-corrected chi connectivity index (χ0v) is 21.8. The van der Waals surface area contributed by atoms with Crippen LogP contribution in [-0.2, 0) is 4.79 Å². The van der Waals surface area contributed by atoms with Crippen LogP contribution in [0.4, 0.5) is 4.39 Å². The Balaban J connectivity index is 0.000000681. The molecule has 2 aromatic rings. The van der Waals surface area contributed by atoms with Crippen molar-refractivity contribution in [2.24, 2.45) is 16.6 Å². The number of nitrogens with two attached hydrogens (primary N) is 1. The molecule has 0 saturated heterocycles. The van der Waals surface area contributed by atoms with Crippen LogP contribution < -0.4 is 15.8 Å². The number of allylic oxidation sites excluding steroid dienone is 2. The van der Waals surface area contributed by atoms with Gasteiger partial charge in [0.25, 0.3) is 0 Å². The number of benzene rings is 2. The first-order chi connectivity index (χ1) is 17.0. The molecule has 4 N–H and O–H groups in total. The van der Waals surface area contributed by atoms with Crippen LogP contribution in [0.3, 0.4) is 0 Å². The first-order valence-corrected chi connectivity index (χ1v) is 11.9. The Morgan fingerprint density at radius 3 is 2.39 bits per heavy atom. The van der Waals surface area contributed by atoms with Crippen LogP contribution >= 0.6 is 0 Å². The van der Waals surface area contributed by atoms with Crippen molar-refractivity contribution >= 4 is 18.0 Å². The summed E-state index contributed by atoms with van der Waals surface area (Å²) in [6.07, 6.45) is 2.68. The SMILES string of the molecule is CN=C/C(C(=O)c1cccc(OCCCNC(CC(C)C)C(=O)O)c1)=C(\C)N.Cc1ccc(F)cc1. The van der Waals surface area contributed by atoms with Crippen LogP contribution in [0.15, 0.2) is 64.8 Å². The topological polar surface area (TPSA) is 114 Å². The largest absolute Gasteiger partial charge is 0.494 e. The number of carboxylic acids is 1. The minimum absolute atomic E-state index is 0.171. The van der Waals surface area contributed by atoms with E-state index in [9.17, 15) is 19.1 Å². The number of aryl methyl sites for hydroxylation is 1. The quantitative estimate of drug-likeness (QED) is 0.167. The van der Waals surface area contributed by atoms with Crippen LogP contribution in [0.5, 0.6) is 5.75 Å². The summed E-state index contributed by atoms with van der Waals surface area (Å²) < 4.78 is 17.8. The van der Waals surface area contributed by atoms with Crippen molar-refractivity contribution in [1.82, 2.24) is 5.32 Å². The summed E-state index contributed by atoms with van der Waals surface area (Å²) in [4.78, 5) is 27.7. The van der Waals surface area contributed by atoms with E-state index in [1.54, 1.807) is 50.4 Å². The summed E-state index contributed by atoms with van der Waals surface area (Å²) in [5.74, 6) is -0.342. The van der Waals surface area contributed by atoms with E-state index in [4.69, 9.17) is 10.5 Å². The van der Waals surface area contributed by atoms with Gasteiger partial charge in [0, 0.05) is 24.5 Å². The van der Waals surface area contributed by atoms with Gasteiger partial charge in [-0.3, -0.25) is 14.6 Å². The van der Waals surface area contributed by atoms with Crippen molar-refractivity contribution in [3.63, 3.8) is 0 Å². The fraction of sp³-hybridized carbons (Fsp3) is 0.393. The molecule has 0 fully saturated rings. The Bertz CT molecular complexity index is 1010. The summed E-state index contributed by atoms with van der Waals surface area (Å²) >= 11 is 0. The third-order valence-electron chi connectivity index (χ3n) is 5.02. The molecule has 0 aliphatic rings. The number of aliphatic carboxylic acids is 1. The van der Waals surface area contributed by atoms with Crippen molar-refractivity contribution in [1.29, 1.82) is 0 Å². The van der Waals surface area contributed by atoms with Gasteiger partial charge in [-0.15, -0.1) is 0 Å². The second kappa shape index (κ2) is 16.2. The molecular formula is C28H38FN3O4. The monoisotopic (exact) mass is 499 g/mol. The van der Waals surface area contributed by atoms with Crippen molar-refractivity contribution < 1.29 is 23.8 Å². The van der Waals surface area contributed by atoms with E-state index in [0.717, 1.165) is 5.56 Å². The van der Waals surface area contributed by atoms with Crippen molar-refractivity contribution in [3.8, 4) is 5.75 Å². The molecule has 0 aromatic heterocycles. The minimum atomic E-state index is -0.837. The summed E-state index contributed by atoms with van der Waals surface area (Å²) in [5, 5.41) is 12.3. The van der Waals surface area contributed by atoms with E-state index in [1.165, 1.54) is 18.3 Å². The molecule has 0 amide bonds. The van der Waals surface area contributed by atoms with Gasteiger partial charge in [-0.25, -0.2) is 4.39 Å². The smallest absolute Gasteiger partial charge is 0.320 e. The van der Waals surface area contributed by atoms with Gasteiger partial charge in [0.1, 0.15) is 17.6 Å². The van der Waals surface area contributed by atoms with Gasteiger partial charge in [0.2, 0.25) is 0 Å². The van der Waals surface area contributed by atoms with Gasteiger partial charge >= 0.3 is 5.97 Å². The van der Waals surface area contributed by atoms with E-state index in [1.807, 2.05) is 20.8 Å². The number of carbonyl (C=O) groups excluding carboxylic acids is 1. The maximum atomic E-state index is 12.6. The number of rotatable bonds is 12. The lowest BCUT2D eigenvalue weighted by molar-refractivity contribution is -0.139. The molecule has 0 radical (unpaired) electrons. The van der Waals surface area contributed by atoms with Crippen LogP contribution in [0.2, 0.25) is 0 Å². The lowest BCUT2D eigenvalue weighted by Crippen LogP contribution is -2.38. The predicted molar refractivity (Wildman–Crippen MR) is 142 cm³/mol. The molecule has 196 valence electrons. The fourth-order valence-corrected chi connectivity index (χ4v) is 3.17. The molecule has 0 heterocycles. The molecule has 0 aliphatic carbocycles. The van der Waals surface area contributed by atoms with Crippen molar-refractivity contribution in [2.75, 3.05) is 20.2 Å². The number of hydrogen-bond donors (Lipinski definition) is 3. The highest BCUT2D eigenvalue weighted by Gasteiger charge is 2.17. The molecule has 2 aromatic carbocycles. The minimum Gasteiger partial charge on any atom is -0.494 e. The third-order valence-corrected chi connectivity index (χ3v) is 5.02. The Morgan fingerprint density at radius 1 is 1.19 bits per heavy atom. The molecule has 36 heavy (non-hydrogen) atoms. The number of carboxylic acid groups (broad SMARTS) is 1. The number of carbonyl (C=O) groups is 2. The third kappa shape index (κ3) is 11.8. The van der Waals surface area contributed by atoms with E-state index in [0.29, 0.717) is 54.5 Å². The van der Waals surface area contributed by atoms with Crippen LogP contribution in [0.1, 0.15) is 49.5 Å². The number of ether oxygens (including phenoxy) is 1. The molecule has 0 aliphatic heterocycles. The number of nitrogens with zero attached hydrogens (tertiary/aromatic N) is 1. The zero-order chi connectivity index (χ0) is 27.1. The van der Waals surface area contributed by atoms with Crippen molar-refractivity contribution in [3.05, 3.63) is 76.7 Å². The number of nitrogens with one attached hydrogen (secondary N) is 1. The lowest BCUT2D eigenvalue weighted by atomic mass is 10.0. The van der Waals surface area contributed by atoms with Gasteiger partial charge in [0.05, 0.1) is 12.2 Å². The van der Waals surface area contributed by atoms with Crippen LogP contribution in [0, 0.1) is 18.7 Å². The zero-order valence-electron chi connectivity index (χ0n) is 21.8. The molecule has 2 rings (SSSR count). The number of Topliss-reactive ketones (excluding diaryl/α,β-unsaturated/α-hetero) is 1. The number of aliphatic imine (C=N–C) groups is 1. The summed E-state index contributed by atoms with van der Waals surface area (Å²) in [5.41, 5.74) is 8.10. The average molecular weight is 500 g/mol. The molecular weight excluding hydrogens is 461 g/mol. The van der Waals surface area contributed by atoms with Gasteiger partial charge in [0.15, 0.2) is 5.78 Å². The standard InChI is InChI=1S/C21H31N3O4.C7H7F/c1-14(2)11-19(21(26)27)24-9-6-10-28-17-8-5-7-16(12-17)20(25)18(13-23-4)15(3)22;1-6-2-4-7(8)5-3-6/h5,7-8,12-14,19,24H,6,9-11,22H2,1-4H3,(H,26,27);2-5H,1H3/b18-15-,23-13?;. The van der Waals surface area contributed by atoms with E-state index < -0.39 is 12.0 Å². The van der Waals surface area contributed by atoms with Gasteiger partial charge < -0.3 is 20.9 Å². The summed E-state index contributed by atoms with van der Waals surface area (Å²) in [6, 6.07) is 12.7. The van der Waals surface area contributed by atoms with Crippen LogP contribution in [0.25, 0.3) is 0 Å². The fourth-order valence-electron chi connectivity index (χ4n) is 3.17.